The Kier molecular flexibility index (Phi) is 8.11. The van der Waals surface area contributed by atoms with Gasteiger partial charge in [-0.2, -0.15) is 0 Å². The number of aromatic nitrogens is 2. The van der Waals surface area contributed by atoms with Gasteiger partial charge in [0.15, 0.2) is 8.68 Å². The smallest absolute Gasteiger partial charge is 0.237 e. The highest BCUT2D eigenvalue weighted by Gasteiger charge is 2.20. The predicted molar refractivity (Wildman–Crippen MR) is 130 cm³/mol. The van der Waals surface area contributed by atoms with Gasteiger partial charge < -0.3 is 10.6 Å². The number of anilines is 2. The molecule has 0 aliphatic carbocycles. The number of amides is 2. The zero-order valence-electron chi connectivity index (χ0n) is 17.7. The minimum Gasteiger partial charge on any atom is -0.325 e. The van der Waals surface area contributed by atoms with E-state index in [-0.39, 0.29) is 22.3 Å². The van der Waals surface area contributed by atoms with Gasteiger partial charge in [0.2, 0.25) is 11.8 Å². The minimum atomic E-state index is -0.325. The standard InChI is InChI=1S/C22H24N4O2S3/c1-13-5-9-17(10-6-13)23-19(27)15(3)29-21-25-26-22(31-21)30-16(4)20(28)24-18-11-7-14(2)8-12-18/h5-12,15-16H,1-4H3,(H,23,27)(H,24,28). The number of hydrogen-bond acceptors (Lipinski definition) is 7. The molecule has 2 unspecified atom stereocenters. The van der Waals surface area contributed by atoms with E-state index in [1.807, 2.05) is 76.2 Å². The van der Waals surface area contributed by atoms with Gasteiger partial charge in [0.25, 0.3) is 0 Å². The molecule has 162 valence electrons. The van der Waals surface area contributed by atoms with Gasteiger partial charge in [-0.25, -0.2) is 0 Å². The van der Waals surface area contributed by atoms with Gasteiger partial charge in [-0.05, 0) is 52.0 Å². The van der Waals surface area contributed by atoms with Crippen LogP contribution in [-0.4, -0.2) is 32.5 Å². The van der Waals surface area contributed by atoms with Crippen molar-refractivity contribution < 1.29 is 9.59 Å². The maximum absolute atomic E-state index is 12.4. The largest absolute Gasteiger partial charge is 0.325 e. The summed E-state index contributed by atoms with van der Waals surface area (Å²) in [5, 5.41) is 13.5. The van der Waals surface area contributed by atoms with Crippen LogP contribution in [0.2, 0.25) is 0 Å². The molecular weight excluding hydrogens is 448 g/mol. The number of thioether (sulfide) groups is 2. The Morgan fingerprint density at radius 1 is 0.742 bits per heavy atom. The van der Waals surface area contributed by atoms with Crippen molar-refractivity contribution in [2.24, 2.45) is 0 Å². The van der Waals surface area contributed by atoms with Crippen molar-refractivity contribution in [3.63, 3.8) is 0 Å². The molecule has 2 amide bonds. The van der Waals surface area contributed by atoms with Gasteiger partial charge in [-0.15, -0.1) is 10.2 Å². The summed E-state index contributed by atoms with van der Waals surface area (Å²) in [4.78, 5) is 24.9. The zero-order chi connectivity index (χ0) is 22.4. The Labute approximate surface area is 194 Å². The topological polar surface area (TPSA) is 84.0 Å². The molecule has 0 bridgehead atoms. The summed E-state index contributed by atoms with van der Waals surface area (Å²) in [5.41, 5.74) is 3.82. The van der Waals surface area contributed by atoms with E-state index in [9.17, 15) is 9.59 Å². The molecule has 2 N–H and O–H groups in total. The fraction of sp³-hybridized carbons (Fsp3) is 0.273. The van der Waals surface area contributed by atoms with E-state index in [1.165, 1.54) is 34.9 Å². The number of rotatable bonds is 8. The van der Waals surface area contributed by atoms with Crippen molar-refractivity contribution in [2.75, 3.05) is 10.6 Å². The second-order valence-electron chi connectivity index (χ2n) is 7.06. The summed E-state index contributed by atoms with van der Waals surface area (Å²) < 4.78 is 1.39. The van der Waals surface area contributed by atoms with Crippen molar-refractivity contribution in [1.82, 2.24) is 10.2 Å². The molecule has 0 radical (unpaired) electrons. The van der Waals surface area contributed by atoms with Gasteiger partial charge in [0.1, 0.15) is 0 Å². The molecule has 31 heavy (non-hydrogen) atoms. The summed E-state index contributed by atoms with van der Waals surface area (Å²) >= 11 is 4.09. The highest BCUT2D eigenvalue weighted by molar-refractivity contribution is 8.04. The molecule has 0 spiro atoms. The second kappa shape index (κ2) is 10.8. The monoisotopic (exact) mass is 472 g/mol. The van der Waals surface area contributed by atoms with E-state index in [0.29, 0.717) is 8.68 Å². The molecule has 1 heterocycles. The maximum atomic E-state index is 12.4. The van der Waals surface area contributed by atoms with Gasteiger partial charge in [-0.3, -0.25) is 9.59 Å². The lowest BCUT2D eigenvalue weighted by atomic mass is 10.2. The third kappa shape index (κ3) is 7.09. The first kappa shape index (κ1) is 23.3. The van der Waals surface area contributed by atoms with Gasteiger partial charge in [0, 0.05) is 11.4 Å². The molecule has 9 heteroatoms. The molecule has 2 atom stereocenters. The Bertz CT molecular complexity index is 954. The highest BCUT2D eigenvalue weighted by atomic mass is 32.2. The number of aryl methyl sites for hydroxylation is 2. The van der Waals surface area contributed by atoms with Crippen LogP contribution in [0.5, 0.6) is 0 Å². The van der Waals surface area contributed by atoms with Gasteiger partial charge in [0.05, 0.1) is 10.5 Å². The molecule has 3 rings (SSSR count). The second-order valence-corrected chi connectivity index (χ2v) is 11.2. The lowest BCUT2D eigenvalue weighted by molar-refractivity contribution is -0.116. The molecule has 0 saturated carbocycles. The average Bonchev–Trinajstić information content (AvgIpc) is 3.17. The van der Waals surface area contributed by atoms with Crippen molar-refractivity contribution in [1.29, 1.82) is 0 Å². The van der Waals surface area contributed by atoms with Crippen LogP contribution in [0.4, 0.5) is 11.4 Å². The van der Waals surface area contributed by atoms with E-state index in [1.54, 1.807) is 0 Å². The molecule has 0 fully saturated rings. The van der Waals surface area contributed by atoms with Crippen LogP contribution < -0.4 is 10.6 Å². The van der Waals surface area contributed by atoms with Crippen LogP contribution in [0, 0.1) is 13.8 Å². The average molecular weight is 473 g/mol. The van der Waals surface area contributed by atoms with Crippen molar-refractivity contribution in [2.45, 2.75) is 46.9 Å². The molecule has 0 aliphatic heterocycles. The lowest BCUT2D eigenvalue weighted by Crippen LogP contribution is -2.22. The van der Waals surface area contributed by atoms with Crippen LogP contribution in [0.3, 0.4) is 0 Å². The van der Waals surface area contributed by atoms with Crippen LogP contribution in [0.15, 0.2) is 57.2 Å². The van der Waals surface area contributed by atoms with E-state index < -0.39 is 0 Å². The number of carbonyl (C=O) groups is 2. The van der Waals surface area contributed by atoms with Crippen LogP contribution >= 0.6 is 34.9 Å². The van der Waals surface area contributed by atoms with Gasteiger partial charge >= 0.3 is 0 Å². The molecule has 6 nitrogen and oxygen atoms in total. The number of hydrogen-bond donors (Lipinski definition) is 2. The Morgan fingerprint density at radius 3 is 1.45 bits per heavy atom. The quantitative estimate of drug-likeness (QED) is 0.428. The zero-order valence-corrected chi connectivity index (χ0v) is 20.2. The summed E-state index contributed by atoms with van der Waals surface area (Å²) in [6.07, 6.45) is 0. The number of nitrogens with one attached hydrogen (secondary N) is 2. The fourth-order valence-electron chi connectivity index (χ4n) is 2.46. The highest BCUT2D eigenvalue weighted by Crippen LogP contribution is 2.33. The third-order valence-electron chi connectivity index (χ3n) is 4.32. The van der Waals surface area contributed by atoms with Crippen molar-refractivity contribution in [3.05, 3.63) is 59.7 Å². The van der Waals surface area contributed by atoms with E-state index in [4.69, 9.17) is 0 Å². The summed E-state index contributed by atoms with van der Waals surface area (Å²) in [6, 6.07) is 15.4. The number of benzene rings is 2. The lowest BCUT2D eigenvalue weighted by Gasteiger charge is -2.10. The van der Waals surface area contributed by atoms with Gasteiger partial charge in [-0.1, -0.05) is 70.3 Å². The molecule has 1 aromatic heterocycles. The first-order valence-electron chi connectivity index (χ1n) is 9.72. The molecular formula is C22H24N4O2S3. The fourth-order valence-corrected chi connectivity index (χ4v) is 5.77. The Morgan fingerprint density at radius 2 is 1.10 bits per heavy atom. The Hall–Kier alpha value is -2.36. The van der Waals surface area contributed by atoms with Crippen LogP contribution in [0.25, 0.3) is 0 Å². The third-order valence-corrected chi connectivity index (χ3v) is 7.61. The molecule has 2 aromatic carbocycles. The molecule has 3 aromatic rings. The van der Waals surface area contributed by atoms with Crippen molar-refractivity contribution in [3.8, 4) is 0 Å². The normalized spacial score (nSPS) is 12.8. The van der Waals surface area contributed by atoms with Crippen LogP contribution in [0.1, 0.15) is 25.0 Å². The van der Waals surface area contributed by atoms with E-state index in [2.05, 4.69) is 20.8 Å². The summed E-state index contributed by atoms with van der Waals surface area (Å²) in [6.45, 7) is 7.67. The summed E-state index contributed by atoms with van der Waals surface area (Å²) in [5.74, 6) is -0.187. The van der Waals surface area contributed by atoms with E-state index in [0.717, 1.165) is 22.5 Å². The van der Waals surface area contributed by atoms with E-state index >= 15 is 0 Å². The minimum absolute atomic E-state index is 0.0934. The maximum Gasteiger partial charge on any atom is 0.237 e. The van der Waals surface area contributed by atoms with Crippen molar-refractivity contribution >= 4 is 58.0 Å². The molecule has 0 aliphatic rings. The predicted octanol–water partition coefficient (Wildman–Crippen LogP) is 5.39. The first-order chi connectivity index (χ1) is 14.8. The first-order valence-corrected chi connectivity index (χ1v) is 12.3. The Balaban J connectivity index is 1.50. The molecule has 0 saturated heterocycles. The number of carbonyl (C=O) groups excluding carboxylic acids is 2. The number of nitrogens with zero attached hydrogens (tertiary/aromatic N) is 2. The SMILES string of the molecule is Cc1ccc(NC(=O)C(C)Sc2nnc(SC(C)C(=O)Nc3ccc(C)cc3)s2)cc1. The summed E-state index contributed by atoms with van der Waals surface area (Å²) in [7, 11) is 0. The van der Waals surface area contributed by atoms with Crippen LogP contribution in [-0.2, 0) is 9.59 Å².